The molecule has 1 fully saturated rings. The summed E-state index contributed by atoms with van der Waals surface area (Å²) in [5, 5.41) is 14.2. The van der Waals surface area contributed by atoms with Crippen LogP contribution in [-0.2, 0) is 11.0 Å². The molecule has 2 atom stereocenters. The molecule has 7 nitrogen and oxygen atoms in total. The standard InChI is InChI=1S/C25H28F5N5O2/c1-15-10-24(26,27)14-35(20(15)13-34-21-9-6-17(11-33-21)25(28,29)30)23(36)22(31)19(12-32-2)16-4-7-18(37-3)8-5-16/h4-9,11-12,15,20,31-32H,10,13-14H2,1-3H3,(H,33,34)/b19-12-,31-22?/t15-,20?/m1/s1. The third kappa shape index (κ3) is 6.75. The van der Waals surface area contributed by atoms with Gasteiger partial charge in [-0.1, -0.05) is 19.1 Å². The molecule has 0 saturated carbocycles. The molecule has 0 spiro atoms. The molecule has 1 aliphatic rings. The van der Waals surface area contributed by atoms with Gasteiger partial charge in [0.15, 0.2) is 0 Å². The monoisotopic (exact) mass is 525 g/mol. The van der Waals surface area contributed by atoms with E-state index in [-0.39, 0.29) is 17.9 Å². The molecule has 1 saturated heterocycles. The van der Waals surface area contributed by atoms with Gasteiger partial charge in [-0.2, -0.15) is 13.2 Å². The quantitative estimate of drug-likeness (QED) is 0.344. The minimum absolute atomic E-state index is 0.0394. The Morgan fingerprint density at radius 3 is 2.46 bits per heavy atom. The number of carbonyl (C=O) groups excluding carboxylic acids is 1. The second-order valence-corrected chi connectivity index (χ2v) is 8.80. The van der Waals surface area contributed by atoms with Gasteiger partial charge in [-0.25, -0.2) is 13.8 Å². The van der Waals surface area contributed by atoms with Gasteiger partial charge in [-0.05, 0) is 35.7 Å². The number of nitrogens with one attached hydrogen (secondary N) is 3. The molecule has 0 radical (unpaired) electrons. The first-order chi connectivity index (χ1) is 17.4. The van der Waals surface area contributed by atoms with Crippen LogP contribution in [0, 0.1) is 11.3 Å². The number of hydrogen-bond acceptors (Lipinski definition) is 6. The summed E-state index contributed by atoms with van der Waals surface area (Å²) in [7, 11) is 3.08. The van der Waals surface area contributed by atoms with Crippen LogP contribution in [0.2, 0.25) is 0 Å². The van der Waals surface area contributed by atoms with E-state index in [1.54, 1.807) is 38.2 Å². The number of piperidine rings is 1. The Labute approximate surface area is 211 Å². The maximum absolute atomic E-state index is 14.5. The van der Waals surface area contributed by atoms with Crippen molar-refractivity contribution in [2.75, 3.05) is 32.6 Å². The van der Waals surface area contributed by atoms with Crippen molar-refractivity contribution in [3.8, 4) is 5.75 Å². The molecule has 3 N–H and O–H groups in total. The molecule has 2 heterocycles. The third-order valence-electron chi connectivity index (χ3n) is 6.10. The number of ether oxygens (including phenoxy) is 1. The average Bonchev–Trinajstić information content (AvgIpc) is 2.85. The Morgan fingerprint density at radius 1 is 1.24 bits per heavy atom. The van der Waals surface area contributed by atoms with E-state index in [0.717, 1.165) is 17.0 Å². The Balaban J connectivity index is 1.84. The van der Waals surface area contributed by atoms with Crippen LogP contribution in [0.3, 0.4) is 0 Å². The molecule has 37 heavy (non-hydrogen) atoms. The second-order valence-electron chi connectivity index (χ2n) is 8.80. The predicted octanol–water partition coefficient (Wildman–Crippen LogP) is 4.67. The van der Waals surface area contributed by atoms with E-state index in [2.05, 4.69) is 15.6 Å². The van der Waals surface area contributed by atoms with Gasteiger partial charge < -0.3 is 20.3 Å². The number of amides is 1. The molecule has 1 aliphatic heterocycles. The number of hydrogen-bond donors (Lipinski definition) is 3. The van der Waals surface area contributed by atoms with E-state index < -0.39 is 54.2 Å². The molecule has 200 valence electrons. The van der Waals surface area contributed by atoms with E-state index in [1.165, 1.54) is 13.3 Å². The highest BCUT2D eigenvalue weighted by molar-refractivity contribution is 6.54. The summed E-state index contributed by atoms with van der Waals surface area (Å²) in [5.74, 6) is -4.05. The summed E-state index contributed by atoms with van der Waals surface area (Å²) in [6.07, 6.45) is -2.91. The molecule has 0 aliphatic carbocycles. The van der Waals surface area contributed by atoms with Gasteiger partial charge in [0.2, 0.25) is 0 Å². The summed E-state index contributed by atoms with van der Waals surface area (Å²) in [6.45, 7) is 0.639. The molecule has 1 aromatic carbocycles. The van der Waals surface area contributed by atoms with Crippen LogP contribution in [-0.4, -0.2) is 60.7 Å². The number of likely N-dealkylation sites (tertiary alicyclic amines) is 1. The molecule has 1 unspecified atom stereocenters. The molecular formula is C25H28F5N5O2. The number of pyridine rings is 1. The van der Waals surface area contributed by atoms with Gasteiger partial charge in [-0.15, -0.1) is 0 Å². The van der Waals surface area contributed by atoms with E-state index >= 15 is 0 Å². The van der Waals surface area contributed by atoms with Crippen LogP contribution in [0.5, 0.6) is 5.75 Å². The van der Waals surface area contributed by atoms with Crippen molar-refractivity contribution in [3.05, 3.63) is 59.9 Å². The molecule has 1 amide bonds. The fraction of sp³-hybridized carbons (Fsp3) is 0.400. The zero-order valence-corrected chi connectivity index (χ0v) is 20.5. The van der Waals surface area contributed by atoms with Crippen molar-refractivity contribution in [1.82, 2.24) is 15.2 Å². The highest BCUT2D eigenvalue weighted by Gasteiger charge is 2.46. The smallest absolute Gasteiger partial charge is 0.417 e. The van der Waals surface area contributed by atoms with Gasteiger partial charge in [-0.3, -0.25) is 10.2 Å². The van der Waals surface area contributed by atoms with Crippen LogP contribution in [0.25, 0.3) is 5.57 Å². The molecule has 3 rings (SSSR count). The van der Waals surface area contributed by atoms with E-state index in [1.807, 2.05) is 0 Å². The van der Waals surface area contributed by atoms with Gasteiger partial charge >= 0.3 is 6.18 Å². The molecule has 2 aromatic rings. The van der Waals surface area contributed by atoms with Crippen molar-refractivity contribution in [1.29, 1.82) is 5.41 Å². The van der Waals surface area contributed by atoms with Crippen molar-refractivity contribution in [2.45, 2.75) is 31.5 Å². The summed E-state index contributed by atoms with van der Waals surface area (Å²) in [5.41, 5.74) is -0.694. The zero-order valence-electron chi connectivity index (χ0n) is 20.5. The van der Waals surface area contributed by atoms with E-state index in [0.29, 0.717) is 17.5 Å². The second kappa shape index (κ2) is 11.1. The van der Waals surface area contributed by atoms with Crippen LogP contribution in [0.15, 0.2) is 48.8 Å². The fourth-order valence-electron chi connectivity index (χ4n) is 4.23. The lowest BCUT2D eigenvalue weighted by Gasteiger charge is -2.43. The first-order valence-corrected chi connectivity index (χ1v) is 11.4. The van der Waals surface area contributed by atoms with Gasteiger partial charge in [0.25, 0.3) is 11.8 Å². The number of rotatable bonds is 8. The van der Waals surface area contributed by atoms with E-state index in [9.17, 15) is 26.7 Å². The zero-order chi connectivity index (χ0) is 27.4. The topological polar surface area (TPSA) is 90.3 Å². The van der Waals surface area contributed by atoms with Crippen LogP contribution >= 0.6 is 0 Å². The van der Waals surface area contributed by atoms with E-state index in [4.69, 9.17) is 10.1 Å². The van der Waals surface area contributed by atoms with Crippen molar-refractivity contribution < 1.29 is 31.5 Å². The number of benzene rings is 1. The number of aromatic nitrogens is 1. The minimum Gasteiger partial charge on any atom is -0.497 e. The van der Waals surface area contributed by atoms with Crippen LogP contribution < -0.4 is 15.4 Å². The third-order valence-corrected chi connectivity index (χ3v) is 6.10. The summed E-state index contributed by atoms with van der Waals surface area (Å²) < 4.78 is 72.6. The Kier molecular flexibility index (Phi) is 8.39. The largest absolute Gasteiger partial charge is 0.497 e. The molecule has 1 aromatic heterocycles. The Bertz CT molecular complexity index is 1130. The van der Waals surface area contributed by atoms with Crippen molar-refractivity contribution in [3.63, 3.8) is 0 Å². The molecule has 12 heteroatoms. The molecule has 0 bridgehead atoms. The number of methoxy groups -OCH3 is 1. The average molecular weight is 526 g/mol. The maximum atomic E-state index is 14.5. The minimum atomic E-state index is -4.54. The maximum Gasteiger partial charge on any atom is 0.417 e. The van der Waals surface area contributed by atoms with Crippen molar-refractivity contribution >= 4 is 23.0 Å². The summed E-state index contributed by atoms with van der Waals surface area (Å²) in [4.78, 5) is 18.1. The number of alkyl halides is 5. The number of halogens is 5. The fourth-order valence-corrected chi connectivity index (χ4v) is 4.23. The highest BCUT2D eigenvalue weighted by Crippen LogP contribution is 2.35. The van der Waals surface area contributed by atoms with Gasteiger partial charge in [0, 0.05) is 38.0 Å². The predicted molar refractivity (Wildman–Crippen MR) is 130 cm³/mol. The number of anilines is 1. The Hall–Kier alpha value is -3.70. The lowest BCUT2D eigenvalue weighted by atomic mass is 9.87. The number of nitrogens with zero attached hydrogens (tertiary/aromatic N) is 2. The SMILES string of the molecule is CN/C=C(\C(=N)C(=O)N1CC(F)(F)C[C@@H](C)C1CNc1ccc(C(F)(F)F)cn1)c1ccc(OC)cc1. The lowest BCUT2D eigenvalue weighted by Crippen LogP contribution is -2.58. The lowest BCUT2D eigenvalue weighted by molar-refractivity contribution is -0.145. The summed E-state index contributed by atoms with van der Waals surface area (Å²) in [6, 6.07) is 7.82. The van der Waals surface area contributed by atoms with Crippen LogP contribution in [0.1, 0.15) is 24.5 Å². The van der Waals surface area contributed by atoms with Gasteiger partial charge in [0.1, 0.15) is 17.3 Å². The van der Waals surface area contributed by atoms with Gasteiger partial charge in [0.05, 0.1) is 25.3 Å². The Morgan fingerprint density at radius 2 is 1.92 bits per heavy atom. The number of carbonyl (C=O) groups is 1. The normalized spacial score (nSPS) is 19.8. The highest BCUT2D eigenvalue weighted by atomic mass is 19.4. The summed E-state index contributed by atoms with van der Waals surface area (Å²) >= 11 is 0. The van der Waals surface area contributed by atoms with Crippen LogP contribution in [0.4, 0.5) is 27.8 Å². The molecular weight excluding hydrogens is 497 g/mol. The first-order valence-electron chi connectivity index (χ1n) is 11.4. The first kappa shape index (κ1) is 27.9. The van der Waals surface area contributed by atoms with Crippen molar-refractivity contribution in [2.24, 2.45) is 5.92 Å².